The van der Waals surface area contributed by atoms with E-state index in [1.807, 2.05) is 53.6 Å². The van der Waals surface area contributed by atoms with Gasteiger partial charge < -0.3 is 9.47 Å². The van der Waals surface area contributed by atoms with Crippen molar-refractivity contribution in [1.82, 2.24) is 14.8 Å². The Kier molecular flexibility index (Phi) is 6.18. The molecule has 0 spiro atoms. The first-order chi connectivity index (χ1) is 17.3. The van der Waals surface area contributed by atoms with Crippen molar-refractivity contribution < 1.29 is 19.2 Å². The van der Waals surface area contributed by atoms with Gasteiger partial charge in [0.05, 0.1) is 5.69 Å². The number of benzene rings is 2. The summed E-state index contributed by atoms with van der Waals surface area (Å²) in [6.45, 7) is 5.44. The number of carbonyl (C=O) groups is 4. The van der Waals surface area contributed by atoms with Crippen molar-refractivity contribution in [3.63, 3.8) is 0 Å². The molecule has 2 aliphatic heterocycles. The van der Waals surface area contributed by atoms with Crippen LogP contribution in [0.25, 0.3) is 17.0 Å². The monoisotopic (exact) mass is 484 g/mol. The molecule has 0 saturated carbocycles. The molecule has 0 atom stereocenters. The molecular formula is C28H28N4O4. The predicted octanol–water partition coefficient (Wildman–Crippen LogP) is 3.94. The third-order valence-corrected chi connectivity index (χ3v) is 7.05. The largest absolute Gasteiger partial charge is 0.341 e. The average molecular weight is 485 g/mol. The Morgan fingerprint density at radius 2 is 1.72 bits per heavy atom. The molecule has 2 aliphatic rings. The summed E-state index contributed by atoms with van der Waals surface area (Å²) >= 11 is 0. The van der Waals surface area contributed by atoms with Crippen molar-refractivity contribution in [2.24, 2.45) is 0 Å². The molecule has 36 heavy (non-hydrogen) atoms. The SMILES string of the molecule is Cc1cccc(N2C(=O)NC(=O)C(=Cc3cn(CC(=O)N4CCCCC4)c4ccccc34)C2=O)c1C. The number of likely N-dealkylation sites (tertiary alicyclic amines) is 1. The molecule has 0 unspecified atom stereocenters. The number of aromatic nitrogens is 1. The Balaban J connectivity index is 1.52. The van der Waals surface area contributed by atoms with Crippen molar-refractivity contribution in [2.45, 2.75) is 39.7 Å². The van der Waals surface area contributed by atoms with Crippen LogP contribution in [-0.4, -0.2) is 46.3 Å². The Morgan fingerprint density at radius 3 is 2.50 bits per heavy atom. The van der Waals surface area contributed by atoms with Crippen LogP contribution >= 0.6 is 0 Å². The number of fused-ring (bicyclic) bond motifs is 1. The van der Waals surface area contributed by atoms with E-state index in [1.165, 1.54) is 6.08 Å². The molecule has 2 saturated heterocycles. The van der Waals surface area contributed by atoms with Crippen molar-refractivity contribution in [2.75, 3.05) is 18.0 Å². The molecule has 1 N–H and O–H groups in total. The number of hydrogen-bond donors (Lipinski definition) is 1. The summed E-state index contributed by atoms with van der Waals surface area (Å²) in [4.78, 5) is 54.7. The first kappa shape index (κ1) is 23.5. The van der Waals surface area contributed by atoms with E-state index in [9.17, 15) is 19.2 Å². The van der Waals surface area contributed by atoms with Gasteiger partial charge in [0, 0.05) is 35.8 Å². The number of aryl methyl sites for hydroxylation is 1. The van der Waals surface area contributed by atoms with Crippen LogP contribution < -0.4 is 10.2 Å². The van der Waals surface area contributed by atoms with Gasteiger partial charge in [0.15, 0.2) is 0 Å². The second-order valence-electron chi connectivity index (χ2n) is 9.35. The zero-order valence-electron chi connectivity index (χ0n) is 20.4. The Bertz CT molecular complexity index is 1430. The van der Waals surface area contributed by atoms with E-state index in [1.54, 1.807) is 18.3 Å². The summed E-state index contributed by atoms with van der Waals surface area (Å²) in [6.07, 6.45) is 6.47. The van der Waals surface area contributed by atoms with E-state index in [0.717, 1.165) is 59.3 Å². The predicted molar refractivity (Wildman–Crippen MR) is 137 cm³/mol. The second kappa shape index (κ2) is 9.45. The van der Waals surface area contributed by atoms with Gasteiger partial charge >= 0.3 is 6.03 Å². The van der Waals surface area contributed by atoms with E-state index in [2.05, 4.69) is 5.32 Å². The van der Waals surface area contributed by atoms with E-state index in [-0.39, 0.29) is 18.0 Å². The van der Waals surface area contributed by atoms with Gasteiger partial charge in [0.2, 0.25) is 5.91 Å². The van der Waals surface area contributed by atoms with Gasteiger partial charge in [-0.15, -0.1) is 0 Å². The normalized spacial score (nSPS) is 17.7. The molecule has 8 nitrogen and oxygen atoms in total. The Labute approximate surface area is 209 Å². The molecule has 0 radical (unpaired) electrons. The number of urea groups is 1. The van der Waals surface area contributed by atoms with Gasteiger partial charge in [-0.3, -0.25) is 19.7 Å². The number of para-hydroxylation sites is 1. The van der Waals surface area contributed by atoms with Gasteiger partial charge in [-0.2, -0.15) is 0 Å². The number of barbiturate groups is 1. The van der Waals surface area contributed by atoms with Crippen LogP contribution in [0.4, 0.5) is 10.5 Å². The minimum absolute atomic E-state index is 0.0489. The summed E-state index contributed by atoms with van der Waals surface area (Å²) < 4.78 is 1.86. The number of piperidine rings is 1. The highest BCUT2D eigenvalue weighted by Gasteiger charge is 2.37. The number of amides is 5. The fourth-order valence-corrected chi connectivity index (χ4v) is 4.92. The van der Waals surface area contributed by atoms with Crippen LogP contribution in [0, 0.1) is 13.8 Å². The molecule has 5 amide bonds. The highest BCUT2D eigenvalue weighted by Crippen LogP contribution is 2.29. The van der Waals surface area contributed by atoms with Crippen molar-refractivity contribution >= 4 is 46.4 Å². The van der Waals surface area contributed by atoms with Crippen LogP contribution in [-0.2, 0) is 20.9 Å². The quantitative estimate of drug-likeness (QED) is 0.449. The molecule has 2 aromatic carbocycles. The molecule has 3 heterocycles. The van der Waals surface area contributed by atoms with E-state index < -0.39 is 17.8 Å². The topological polar surface area (TPSA) is 91.7 Å². The molecule has 0 aliphatic carbocycles. The number of hydrogen-bond acceptors (Lipinski definition) is 4. The smallest absolute Gasteiger partial charge is 0.335 e. The maximum Gasteiger partial charge on any atom is 0.335 e. The summed E-state index contributed by atoms with van der Waals surface area (Å²) in [5.41, 5.74) is 3.47. The molecule has 8 heteroatoms. The second-order valence-corrected chi connectivity index (χ2v) is 9.35. The van der Waals surface area contributed by atoms with Crippen molar-refractivity contribution in [1.29, 1.82) is 0 Å². The molecular weight excluding hydrogens is 456 g/mol. The Hall–Kier alpha value is -4.20. The molecule has 1 aromatic heterocycles. The molecule has 3 aromatic rings. The maximum atomic E-state index is 13.5. The van der Waals surface area contributed by atoms with Gasteiger partial charge in [0.1, 0.15) is 12.1 Å². The van der Waals surface area contributed by atoms with E-state index in [0.29, 0.717) is 11.3 Å². The molecule has 5 rings (SSSR count). The van der Waals surface area contributed by atoms with Crippen molar-refractivity contribution in [3.05, 3.63) is 70.9 Å². The fraction of sp³-hybridized carbons (Fsp3) is 0.286. The van der Waals surface area contributed by atoms with Gasteiger partial charge in [-0.1, -0.05) is 30.3 Å². The van der Waals surface area contributed by atoms with E-state index >= 15 is 0 Å². The van der Waals surface area contributed by atoms with Crippen LogP contribution in [0.1, 0.15) is 36.0 Å². The fourth-order valence-electron chi connectivity index (χ4n) is 4.92. The number of carbonyl (C=O) groups excluding carboxylic acids is 4. The van der Waals surface area contributed by atoms with Crippen LogP contribution in [0.3, 0.4) is 0 Å². The van der Waals surface area contributed by atoms with Crippen LogP contribution in [0.2, 0.25) is 0 Å². The first-order valence-corrected chi connectivity index (χ1v) is 12.2. The number of rotatable bonds is 4. The third kappa shape index (κ3) is 4.19. The minimum atomic E-state index is -0.773. The molecule has 184 valence electrons. The lowest BCUT2D eigenvalue weighted by atomic mass is 10.0. The number of imide groups is 2. The molecule has 2 fully saturated rings. The lowest BCUT2D eigenvalue weighted by molar-refractivity contribution is -0.132. The van der Waals surface area contributed by atoms with Gasteiger partial charge in [0.25, 0.3) is 11.8 Å². The Morgan fingerprint density at radius 1 is 0.972 bits per heavy atom. The third-order valence-electron chi connectivity index (χ3n) is 7.05. The van der Waals surface area contributed by atoms with E-state index in [4.69, 9.17) is 0 Å². The summed E-state index contributed by atoms with van der Waals surface area (Å²) in [5.74, 6) is -1.38. The highest BCUT2D eigenvalue weighted by molar-refractivity contribution is 6.39. The lowest BCUT2D eigenvalue weighted by Crippen LogP contribution is -2.54. The average Bonchev–Trinajstić information content (AvgIpc) is 3.22. The van der Waals surface area contributed by atoms with Crippen LogP contribution in [0.5, 0.6) is 0 Å². The minimum Gasteiger partial charge on any atom is -0.341 e. The number of nitrogens with one attached hydrogen (secondary N) is 1. The first-order valence-electron chi connectivity index (χ1n) is 12.2. The summed E-state index contributed by atoms with van der Waals surface area (Å²) in [6, 6.07) is 12.1. The van der Waals surface area contributed by atoms with Crippen LogP contribution in [0.15, 0.2) is 54.2 Å². The lowest BCUT2D eigenvalue weighted by Gasteiger charge is -2.28. The maximum absolute atomic E-state index is 13.5. The van der Waals surface area contributed by atoms with Gasteiger partial charge in [-0.25, -0.2) is 9.69 Å². The zero-order valence-corrected chi connectivity index (χ0v) is 20.4. The zero-order chi connectivity index (χ0) is 25.4. The van der Waals surface area contributed by atoms with Crippen molar-refractivity contribution in [3.8, 4) is 0 Å². The standard InChI is InChI=1S/C28H28N4O4/c1-18-9-8-12-23(19(18)2)32-27(35)22(26(34)29-28(32)36)15-20-16-31(24-11-5-4-10-21(20)24)17-25(33)30-13-6-3-7-14-30/h4-5,8-12,15-16H,3,6-7,13-14,17H2,1-2H3,(H,29,34,36). The molecule has 0 bridgehead atoms. The number of anilines is 1. The van der Waals surface area contributed by atoms with Gasteiger partial charge in [-0.05, 0) is 62.4 Å². The highest BCUT2D eigenvalue weighted by atomic mass is 16.2. The number of nitrogens with zero attached hydrogens (tertiary/aromatic N) is 3. The summed E-state index contributed by atoms with van der Waals surface area (Å²) in [5, 5.41) is 3.11. The summed E-state index contributed by atoms with van der Waals surface area (Å²) in [7, 11) is 0.